The van der Waals surface area contributed by atoms with E-state index in [1.165, 1.54) is 44.5 Å². The third-order valence-electron chi connectivity index (χ3n) is 12.6. The van der Waals surface area contributed by atoms with E-state index in [0.717, 1.165) is 66.4 Å². The molecule has 2 aliphatic rings. The lowest BCUT2D eigenvalue weighted by Gasteiger charge is -2.30. The van der Waals surface area contributed by atoms with Gasteiger partial charge in [-0.05, 0) is 93.0 Å². The number of rotatable bonds is 4. The van der Waals surface area contributed by atoms with Crippen LogP contribution in [-0.2, 0) is 10.8 Å². The lowest BCUT2D eigenvalue weighted by atomic mass is 9.82. The molecule has 4 nitrogen and oxygen atoms in total. The van der Waals surface area contributed by atoms with E-state index >= 15 is 0 Å². The Morgan fingerprint density at radius 3 is 1.69 bits per heavy atom. The SMILES string of the molecule is CC1(C)c2ccccc2-c2ccc(N(c3ccc4c(c3)C(C)(C)c3ccccc3-4)c3cc4oc5cccc6c7oc(-c8ccccc8)nc7c(c3)c4c56)cc21. The molecule has 55 heavy (non-hydrogen) atoms. The van der Waals surface area contributed by atoms with E-state index in [9.17, 15) is 0 Å². The summed E-state index contributed by atoms with van der Waals surface area (Å²) in [5, 5.41) is 4.17. The average molecular weight is 709 g/mol. The summed E-state index contributed by atoms with van der Waals surface area (Å²) in [6, 6.07) is 52.6. The van der Waals surface area contributed by atoms with Crippen molar-refractivity contribution in [2.24, 2.45) is 0 Å². The van der Waals surface area contributed by atoms with Crippen LogP contribution < -0.4 is 4.90 Å². The maximum atomic E-state index is 6.73. The monoisotopic (exact) mass is 708 g/mol. The van der Waals surface area contributed by atoms with Crippen LogP contribution in [0.1, 0.15) is 49.9 Å². The van der Waals surface area contributed by atoms with Gasteiger partial charge in [0.25, 0.3) is 0 Å². The molecule has 0 aliphatic heterocycles. The second-order valence-electron chi connectivity index (χ2n) is 16.3. The van der Waals surface area contributed by atoms with Crippen LogP contribution in [0.5, 0.6) is 0 Å². The first-order valence-electron chi connectivity index (χ1n) is 19.1. The Hall–Kier alpha value is -6.65. The minimum atomic E-state index is -0.149. The van der Waals surface area contributed by atoms with Crippen molar-refractivity contribution in [1.82, 2.24) is 4.98 Å². The third kappa shape index (κ3) is 4.04. The molecule has 2 aliphatic carbocycles. The van der Waals surface area contributed by atoms with Gasteiger partial charge in [0.2, 0.25) is 5.89 Å². The number of benzene rings is 8. The van der Waals surface area contributed by atoms with Crippen molar-refractivity contribution in [2.75, 3.05) is 4.90 Å². The lowest BCUT2D eigenvalue weighted by Crippen LogP contribution is -2.18. The Labute approximate surface area is 318 Å². The smallest absolute Gasteiger partial charge is 0.227 e. The molecule has 0 bridgehead atoms. The summed E-state index contributed by atoms with van der Waals surface area (Å²) in [5.74, 6) is 0.612. The van der Waals surface area contributed by atoms with Gasteiger partial charge in [-0.1, -0.05) is 119 Å². The maximum Gasteiger partial charge on any atom is 0.227 e. The fourth-order valence-electron chi connectivity index (χ4n) is 9.94. The first kappa shape index (κ1) is 30.8. The Balaban J connectivity index is 1.14. The normalized spacial score (nSPS) is 14.8. The van der Waals surface area contributed by atoms with Crippen molar-refractivity contribution in [3.05, 3.63) is 168 Å². The quantitative estimate of drug-likeness (QED) is 0.171. The van der Waals surface area contributed by atoms with Crippen LogP contribution in [0.4, 0.5) is 17.1 Å². The van der Waals surface area contributed by atoms with E-state index in [0.29, 0.717) is 5.89 Å². The third-order valence-corrected chi connectivity index (χ3v) is 12.6. The van der Waals surface area contributed by atoms with Gasteiger partial charge in [-0.3, -0.25) is 0 Å². The van der Waals surface area contributed by atoms with E-state index in [2.05, 4.69) is 154 Å². The number of aromatic nitrogens is 1. The summed E-state index contributed by atoms with van der Waals surface area (Å²) in [5.41, 5.74) is 17.7. The summed E-state index contributed by atoms with van der Waals surface area (Å²) in [4.78, 5) is 7.62. The molecule has 0 spiro atoms. The van der Waals surface area contributed by atoms with Crippen LogP contribution in [-0.4, -0.2) is 4.98 Å². The van der Waals surface area contributed by atoms with Crippen molar-refractivity contribution < 1.29 is 8.83 Å². The van der Waals surface area contributed by atoms with E-state index < -0.39 is 0 Å². The second-order valence-corrected chi connectivity index (χ2v) is 16.3. The fraction of sp³-hybridized carbons (Fsp3) is 0.118. The molecular formula is C51H36N2O2. The minimum Gasteiger partial charge on any atom is -0.456 e. The number of anilines is 3. The van der Waals surface area contributed by atoms with E-state index in [4.69, 9.17) is 13.8 Å². The Kier molecular flexibility index (Phi) is 5.88. The summed E-state index contributed by atoms with van der Waals surface area (Å²) >= 11 is 0. The second kappa shape index (κ2) is 10.5. The maximum absolute atomic E-state index is 6.73. The molecule has 0 N–H and O–H groups in total. The highest BCUT2D eigenvalue weighted by Gasteiger charge is 2.38. The van der Waals surface area contributed by atoms with Crippen molar-refractivity contribution in [1.29, 1.82) is 0 Å². The zero-order chi connectivity index (χ0) is 36.8. The molecule has 0 fully saturated rings. The number of furan rings is 1. The van der Waals surface area contributed by atoms with Crippen molar-refractivity contribution >= 4 is 60.9 Å². The van der Waals surface area contributed by atoms with Crippen molar-refractivity contribution in [2.45, 2.75) is 38.5 Å². The predicted molar refractivity (Wildman–Crippen MR) is 225 cm³/mol. The lowest BCUT2D eigenvalue weighted by molar-refractivity contribution is 0.623. The number of oxazole rings is 1. The van der Waals surface area contributed by atoms with Crippen molar-refractivity contribution in [3.63, 3.8) is 0 Å². The van der Waals surface area contributed by atoms with E-state index in [1.54, 1.807) is 0 Å². The topological polar surface area (TPSA) is 42.4 Å². The predicted octanol–water partition coefficient (Wildman–Crippen LogP) is 14.1. The van der Waals surface area contributed by atoms with Crippen molar-refractivity contribution in [3.8, 4) is 33.7 Å². The van der Waals surface area contributed by atoms with Crippen LogP contribution in [0.3, 0.4) is 0 Å². The molecule has 12 rings (SSSR count). The van der Waals surface area contributed by atoms with Gasteiger partial charge < -0.3 is 13.7 Å². The molecule has 262 valence electrons. The zero-order valence-corrected chi connectivity index (χ0v) is 31.1. The Bertz CT molecular complexity index is 3110. The minimum absolute atomic E-state index is 0.149. The molecule has 8 aromatic carbocycles. The first-order chi connectivity index (χ1) is 26.8. The van der Waals surface area contributed by atoms with Gasteiger partial charge in [0.05, 0.1) is 5.69 Å². The van der Waals surface area contributed by atoms with Gasteiger partial charge in [-0.25, -0.2) is 4.98 Å². The van der Waals surface area contributed by atoms with Crippen LogP contribution >= 0.6 is 0 Å². The van der Waals surface area contributed by atoms with Gasteiger partial charge in [-0.2, -0.15) is 0 Å². The number of nitrogens with zero attached hydrogens (tertiary/aromatic N) is 2. The largest absolute Gasteiger partial charge is 0.456 e. The summed E-state index contributed by atoms with van der Waals surface area (Å²) in [6.07, 6.45) is 0. The molecular weight excluding hydrogens is 673 g/mol. The van der Waals surface area contributed by atoms with Crippen LogP contribution in [0.15, 0.2) is 154 Å². The van der Waals surface area contributed by atoms with Crippen LogP contribution in [0.2, 0.25) is 0 Å². The first-order valence-corrected chi connectivity index (χ1v) is 19.1. The molecule has 0 saturated heterocycles. The van der Waals surface area contributed by atoms with E-state index in [1.807, 2.05) is 24.3 Å². The number of hydrogen-bond donors (Lipinski definition) is 0. The number of fused-ring (bicyclic) bond motifs is 9. The van der Waals surface area contributed by atoms with Gasteiger partial charge >= 0.3 is 0 Å². The number of hydrogen-bond acceptors (Lipinski definition) is 4. The Morgan fingerprint density at radius 2 is 1.04 bits per heavy atom. The van der Waals surface area contributed by atoms with Crippen LogP contribution in [0.25, 0.3) is 77.5 Å². The van der Waals surface area contributed by atoms with Crippen LogP contribution in [0, 0.1) is 0 Å². The Morgan fingerprint density at radius 1 is 0.455 bits per heavy atom. The van der Waals surface area contributed by atoms with Gasteiger partial charge in [-0.15, -0.1) is 0 Å². The molecule has 0 amide bonds. The van der Waals surface area contributed by atoms with Gasteiger partial charge in [0.1, 0.15) is 16.7 Å². The molecule has 0 unspecified atom stereocenters. The molecule has 10 aromatic rings. The zero-order valence-electron chi connectivity index (χ0n) is 31.1. The molecule has 0 atom stereocenters. The van der Waals surface area contributed by atoms with Gasteiger partial charge in [0.15, 0.2) is 5.58 Å². The highest BCUT2D eigenvalue weighted by molar-refractivity contribution is 6.32. The standard InChI is InChI=1S/C51H36N2O2/c1-50(2)39-18-10-8-15-33(39)35-23-21-30(26-41(35)50)53(31-22-24-36-34-16-9-11-19-40(34)51(3,4)42(36)27-31)32-25-38-46-44(28-32)54-43-20-12-17-37(45(43)46)48-47(38)52-49(55-48)29-13-6-5-7-14-29/h5-28H,1-4H3. The van der Waals surface area contributed by atoms with Gasteiger partial charge in [0, 0.05) is 55.4 Å². The molecule has 0 radical (unpaired) electrons. The summed E-state index contributed by atoms with van der Waals surface area (Å²) < 4.78 is 13.4. The summed E-state index contributed by atoms with van der Waals surface area (Å²) in [6.45, 7) is 9.39. The molecule has 0 saturated carbocycles. The fourth-order valence-corrected chi connectivity index (χ4v) is 9.94. The molecule has 4 heteroatoms. The van der Waals surface area contributed by atoms with E-state index in [-0.39, 0.29) is 10.8 Å². The summed E-state index contributed by atoms with van der Waals surface area (Å²) in [7, 11) is 0. The molecule has 2 aromatic heterocycles. The highest BCUT2D eigenvalue weighted by Crippen LogP contribution is 2.54. The highest BCUT2D eigenvalue weighted by atomic mass is 16.3. The average Bonchev–Trinajstić information content (AvgIpc) is 3.94. The molecule has 2 heterocycles.